The maximum absolute atomic E-state index is 13.4. The van der Waals surface area contributed by atoms with Crippen LogP contribution >= 0.6 is 11.3 Å². The minimum absolute atomic E-state index is 0.188. The fourth-order valence-corrected chi connectivity index (χ4v) is 3.29. The van der Waals surface area contributed by atoms with Gasteiger partial charge in [-0.2, -0.15) is 0 Å². The second-order valence-electron chi connectivity index (χ2n) is 4.48. The molecule has 0 aliphatic rings. The van der Waals surface area contributed by atoms with Gasteiger partial charge in [0.1, 0.15) is 5.82 Å². The Morgan fingerprint density at radius 3 is 2.84 bits per heavy atom. The van der Waals surface area contributed by atoms with E-state index < -0.39 is 0 Å². The van der Waals surface area contributed by atoms with Crippen LogP contribution in [0.5, 0.6) is 0 Å². The van der Waals surface area contributed by atoms with Gasteiger partial charge in [-0.25, -0.2) is 4.39 Å². The summed E-state index contributed by atoms with van der Waals surface area (Å²) >= 11 is 1.73. The van der Waals surface area contributed by atoms with Crippen LogP contribution in [0.1, 0.15) is 5.56 Å². The van der Waals surface area contributed by atoms with Crippen molar-refractivity contribution in [1.82, 2.24) is 5.32 Å². The van der Waals surface area contributed by atoms with Gasteiger partial charge < -0.3 is 5.32 Å². The smallest absolute Gasteiger partial charge is 0.123 e. The number of halogens is 1. The van der Waals surface area contributed by atoms with Gasteiger partial charge in [-0.05, 0) is 52.7 Å². The van der Waals surface area contributed by atoms with Gasteiger partial charge >= 0.3 is 0 Å². The van der Waals surface area contributed by atoms with E-state index in [2.05, 4.69) is 35.0 Å². The van der Waals surface area contributed by atoms with Crippen LogP contribution in [0.15, 0.2) is 47.8 Å². The highest BCUT2D eigenvalue weighted by Gasteiger charge is 2.10. The van der Waals surface area contributed by atoms with Gasteiger partial charge in [0.25, 0.3) is 0 Å². The summed E-state index contributed by atoms with van der Waals surface area (Å²) in [4.78, 5) is 0. The van der Waals surface area contributed by atoms with E-state index in [0.29, 0.717) is 6.54 Å². The predicted molar refractivity (Wildman–Crippen MR) is 80.0 cm³/mol. The van der Waals surface area contributed by atoms with Crippen molar-refractivity contribution in [3.63, 3.8) is 0 Å². The van der Waals surface area contributed by atoms with E-state index in [1.165, 1.54) is 21.7 Å². The summed E-state index contributed by atoms with van der Waals surface area (Å²) in [5.41, 5.74) is 3.27. The monoisotopic (exact) mass is 271 g/mol. The van der Waals surface area contributed by atoms with Crippen LogP contribution in [-0.2, 0) is 6.54 Å². The van der Waals surface area contributed by atoms with E-state index in [4.69, 9.17) is 0 Å². The average Bonchev–Trinajstić information content (AvgIpc) is 2.88. The lowest BCUT2D eigenvalue weighted by Gasteiger charge is -2.10. The molecule has 0 fully saturated rings. The molecular weight excluding hydrogens is 257 g/mol. The summed E-state index contributed by atoms with van der Waals surface area (Å²) in [5.74, 6) is -0.188. The Kier molecular flexibility index (Phi) is 3.32. The highest BCUT2D eigenvalue weighted by molar-refractivity contribution is 7.17. The van der Waals surface area contributed by atoms with Crippen molar-refractivity contribution in [2.45, 2.75) is 6.54 Å². The summed E-state index contributed by atoms with van der Waals surface area (Å²) in [5, 5.41) is 6.43. The van der Waals surface area contributed by atoms with Crippen molar-refractivity contribution in [3.8, 4) is 11.1 Å². The molecule has 1 N–H and O–H groups in total. The summed E-state index contributed by atoms with van der Waals surface area (Å²) < 4.78 is 14.7. The summed E-state index contributed by atoms with van der Waals surface area (Å²) in [7, 11) is 1.88. The number of fused-ring (bicyclic) bond motifs is 1. The maximum atomic E-state index is 13.4. The molecule has 19 heavy (non-hydrogen) atoms. The van der Waals surface area contributed by atoms with Gasteiger partial charge in [0.05, 0.1) is 0 Å². The fourth-order valence-electron chi connectivity index (χ4n) is 2.37. The van der Waals surface area contributed by atoms with Gasteiger partial charge in [-0.15, -0.1) is 11.3 Å². The van der Waals surface area contributed by atoms with Crippen LogP contribution in [-0.4, -0.2) is 7.05 Å². The third-order valence-electron chi connectivity index (χ3n) is 3.20. The fraction of sp³-hybridized carbons (Fsp3) is 0.125. The van der Waals surface area contributed by atoms with Crippen molar-refractivity contribution < 1.29 is 4.39 Å². The molecule has 96 valence electrons. The molecule has 3 heteroatoms. The molecule has 0 aliphatic heterocycles. The first-order valence-electron chi connectivity index (χ1n) is 6.19. The molecule has 0 unspecified atom stereocenters. The van der Waals surface area contributed by atoms with E-state index in [1.54, 1.807) is 17.4 Å². The molecule has 1 aromatic heterocycles. The molecule has 1 nitrogen and oxygen atoms in total. The van der Waals surface area contributed by atoms with Crippen LogP contribution in [0.4, 0.5) is 4.39 Å². The van der Waals surface area contributed by atoms with Crippen molar-refractivity contribution >= 4 is 21.4 Å². The zero-order chi connectivity index (χ0) is 13.2. The molecule has 3 rings (SSSR count). The second kappa shape index (κ2) is 5.11. The Balaban J connectivity index is 2.23. The first kappa shape index (κ1) is 12.3. The Morgan fingerprint density at radius 2 is 2.00 bits per heavy atom. The molecule has 0 aliphatic carbocycles. The zero-order valence-corrected chi connectivity index (χ0v) is 11.4. The van der Waals surface area contributed by atoms with Gasteiger partial charge in [0, 0.05) is 11.2 Å². The SMILES string of the molecule is CNCc1cc(F)ccc1-c1cccc2ccsc12. The number of thiophene rings is 1. The Labute approximate surface area is 115 Å². The van der Waals surface area contributed by atoms with E-state index in [1.807, 2.05) is 13.1 Å². The van der Waals surface area contributed by atoms with Crippen LogP contribution in [0.2, 0.25) is 0 Å². The molecule has 0 bridgehead atoms. The van der Waals surface area contributed by atoms with E-state index in [0.717, 1.165) is 11.1 Å². The van der Waals surface area contributed by atoms with Crippen molar-refractivity contribution in [2.75, 3.05) is 7.05 Å². The van der Waals surface area contributed by atoms with Crippen LogP contribution in [0.25, 0.3) is 21.2 Å². The van der Waals surface area contributed by atoms with E-state index in [9.17, 15) is 4.39 Å². The van der Waals surface area contributed by atoms with E-state index >= 15 is 0 Å². The first-order valence-corrected chi connectivity index (χ1v) is 7.07. The van der Waals surface area contributed by atoms with Gasteiger partial charge in [0.2, 0.25) is 0 Å². The highest BCUT2D eigenvalue weighted by Crippen LogP contribution is 2.34. The molecule has 0 saturated carbocycles. The van der Waals surface area contributed by atoms with Crippen LogP contribution in [0.3, 0.4) is 0 Å². The summed E-state index contributed by atoms with van der Waals surface area (Å²) in [6.07, 6.45) is 0. The zero-order valence-electron chi connectivity index (χ0n) is 10.6. The second-order valence-corrected chi connectivity index (χ2v) is 5.39. The lowest BCUT2D eigenvalue weighted by atomic mass is 9.98. The molecule has 0 radical (unpaired) electrons. The topological polar surface area (TPSA) is 12.0 Å². The van der Waals surface area contributed by atoms with Crippen molar-refractivity contribution in [2.24, 2.45) is 0 Å². The lowest BCUT2D eigenvalue weighted by molar-refractivity contribution is 0.624. The van der Waals surface area contributed by atoms with E-state index in [-0.39, 0.29) is 5.82 Å². The number of rotatable bonds is 3. The van der Waals surface area contributed by atoms with Gasteiger partial charge in [-0.3, -0.25) is 0 Å². The molecular formula is C16H14FNS. The molecule has 2 aromatic carbocycles. The normalized spacial score (nSPS) is 11.1. The van der Waals surface area contributed by atoms with Gasteiger partial charge in [-0.1, -0.05) is 24.3 Å². The molecule has 0 atom stereocenters. The first-order chi connectivity index (χ1) is 9.29. The van der Waals surface area contributed by atoms with Crippen molar-refractivity contribution in [3.05, 3.63) is 59.2 Å². The number of hydrogen-bond acceptors (Lipinski definition) is 2. The molecule has 0 spiro atoms. The quantitative estimate of drug-likeness (QED) is 0.743. The van der Waals surface area contributed by atoms with Crippen molar-refractivity contribution in [1.29, 1.82) is 0 Å². The van der Waals surface area contributed by atoms with Crippen LogP contribution in [0, 0.1) is 5.82 Å². The average molecular weight is 271 g/mol. The predicted octanol–water partition coefficient (Wildman–Crippen LogP) is 4.43. The standard InChI is InChI=1S/C16H14FNS/c1-18-10-12-9-13(17)5-6-14(12)15-4-2-3-11-7-8-19-16(11)15/h2-9,18H,10H2,1H3. The Hall–Kier alpha value is -1.71. The molecule has 1 heterocycles. The lowest BCUT2D eigenvalue weighted by Crippen LogP contribution is -2.06. The Morgan fingerprint density at radius 1 is 1.11 bits per heavy atom. The third kappa shape index (κ3) is 2.27. The molecule has 0 saturated heterocycles. The largest absolute Gasteiger partial charge is 0.316 e. The maximum Gasteiger partial charge on any atom is 0.123 e. The summed E-state index contributed by atoms with van der Waals surface area (Å²) in [6, 6.07) is 13.4. The number of nitrogens with one attached hydrogen (secondary N) is 1. The molecule has 0 amide bonds. The highest BCUT2D eigenvalue weighted by atomic mass is 32.1. The number of benzene rings is 2. The third-order valence-corrected chi connectivity index (χ3v) is 4.17. The Bertz CT molecular complexity index is 718. The molecule has 3 aromatic rings. The van der Waals surface area contributed by atoms with Gasteiger partial charge in [0.15, 0.2) is 0 Å². The minimum atomic E-state index is -0.188. The summed E-state index contributed by atoms with van der Waals surface area (Å²) in [6.45, 7) is 0.662. The number of hydrogen-bond donors (Lipinski definition) is 1. The minimum Gasteiger partial charge on any atom is -0.316 e. The van der Waals surface area contributed by atoms with Crippen LogP contribution < -0.4 is 5.32 Å².